The fourth-order valence-electron chi connectivity index (χ4n) is 6.69. The van der Waals surface area contributed by atoms with E-state index in [1.807, 2.05) is 13.8 Å². The van der Waals surface area contributed by atoms with Crippen molar-refractivity contribution in [3.05, 3.63) is 164 Å². The van der Waals surface area contributed by atoms with Crippen LogP contribution in [0.25, 0.3) is 77.5 Å². The molecule has 3 nitrogen and oxygen atoms in total. The molecule has 0 aliphatic carbocycles. The number of pyridine rings is 1. The van der Waals surface area contributed by atoms with Crippen molar-refractivity contribution in [1.29, 1.82) is 0 Å². The topological polar surface area (TPSA) is 22.8 Å². The lowest BCUT2D eigenvalue weighted by atomic mass is 10.1. The van der Waals surface area contributed by atoms with E-state index in [4.69, 9.17) is 4.98 Å². The summed E-state index contributed by atoms with van der Waals surface area (Å²) in [5, 5.41) is 4.70. The molecule has 6 aromatic carbocycles. The Morgan fingerprint density at radius 3 is 1.20 bits per heavy atom. The summed E-state index contributed by atoms with van der Waals surface area (Å²) < 4.78 is 4.64. The van der Waals surface area contributed by atoms with Gasteiger partial charge in [0.1, 0.15) is 11.3 Å². The van der Waals surface area contributed by atoms with Crippen LogP contribution >= 0.6 is 0 Å². The predicted octanol–water partition coefficient (Wildman–Crippen LogP) is 11.6. The minimum Gasteiger partial charge on any atom is -0.294 e. The van der Waals surface area contributed by atoms with Gasteiger partial charge in [0.15, 0.2) is 0 Å². The van der Waals surface area contributed by atoms with Crippen LogP contribution < -0.4 is 0 Å². The standard InChI is InChI=1S/C41H27N3.C2H6/c1-3-13-28(14-4-1)30-17-11-19-32(25-30)43-38-23-9-7-21-34(38)36-27-37-35-22-8-10-24-39(35)44(41(37)42-40(36)43)33-20-12-18-31(26-33)29-15-5-2-6-16-29;1-2/h1-27H;1-2H3. The van der Waals surface area contributed by atoms with Crippen LogP contribution in [0.4, 0.5) is 0 Å². The maximum atomic E-state index is 5.54. The van der Waals surface area contributed by atoms with Gasteiger partial charge >= 0.3 is 0 Å². The van der Waals surface area contributed by atoms with Gasteiger partial charge in [-0.1, -0.05) is 135 Å². The number of hydrogen-bond acceptors (Lipinski definition) is 1. The molecule has 220 valence electrons. The van der Waals surface area contributed by atoms with Gasteiger partial charge in [-0.05, 0) is 64.7 Å². The molecule has 0 saturated heterocycles. The van der Waals surface area contributed by atoms with Crippen LogP contribution in [0.3, 0.4) is 0 Å². The second kappa shape index (κ2) is 11.5. The van der Waals surface area contributed by atoms with Gasteiger partial charge in [0, 0.05) is 32.9 Å². The number of rotatable bonds is 4. The van der Waals surface area contributed by atoms with E-state index in [0.717, 1.165) is 44.5 Å². The lowest BCUT2D eigenvalue weighted by Crippen LogP contribution is -1.99. The molecule has 46 heavy (non-hydrogen) atoms. The Morgan fingerprint density at radius 1 is 0.348 bits per heavy atom. The Hall–Kier alpha value is -5.93. The Kier molecular flexibility index (Phi) is 6.92. The lowest BCUT2D eigenvalue weighted by Gasteiger charge is -2.11. The highest BCUT2D eigenvalue weighted by Gasteiger charge is 2.20. The van der Waals surface area contributed by atoms with Crippen molar-refractivity contribution in [1.82, 2.24) is 14.1 Å². The highest BCUT2D eigenvalue weighted by Crippen LogP contribution is 2.38. The van der Waals surface area contributed by atoms with Gasteiger partial charge in [0.25, 0.3) is 0 Å². The van der Waals surface area contributed by atoms with E-state index in [2.05, 4.69) is 173 Å². The van der Waals surface area contributed by atoms with Gasteiger partial charge in [-0.15, -0.1) is 0 Å². The SMILES string of the molecule is CC.c1ccc(-c2cccc(-n3c4ccccc4c4cc5c6ccccc6n(-c6cccc(-c7ccccc7)c6)c5nc43)c2)cc1. The van der Waals surface area contributed by atoms with Crippen molar-refractivity contribution in [2.24, 2.45) is 0 Å². The molecule has 3 heteroatoms. The van der Waals surface area contributed by atoms with Crippen LogP contribution in [0.15, 0.2) is 164 Å². The molecular weight excluding hydrogens is 558 g/mol. The molecule has 3 aromatic heterocycles. The van der Waals surface area contributed by atoms with E-state index in [1.54, 1.807) is 0 Å². The minimum atomic E-state index is 0.951. The highest BCUT2D eigenvalue weighted by molar-refractivity contribution is 6.16. The number of para-hydroxylation sites is 2. The first kappa shape index (κ1) is 27.6. The van der Waals surface area contributed by atoms with Gasteiger partial charge in [0.2, 0.25) is 0 Å². The van der Waals surface area contributed by atoms with Crippen LogP contribution in [0.1, 0.15) is 13.8 Å². The normalized spacial score (nSPS) is 11.3. The number of nitrogens with zero attached hydrogens (tertiary/aromatic N) is 3. The van der Waals surface area contributed by atoms with E-state index in [-0.39, 0.29) is 0 Å². The third-order valence-corrected chi connectivity index (χ3v) is 8.70. The first-order valence-electron chi connectivity index (χ1n) is 16.0. The van der Waals surface area contributed by atoms with Crippen LogP contribution in [0, 0.1) is 0 Å². The fraction of sp³-hybridized carbons (Fsp3) is 0.0465. The van der Waals surface area contributed by atoms with E-state index >= 15 is 0 Å². The van der Waals surface area contributed by atoms with Gasteiger partial charge in [0.05, 0.1) is 11.0 Å². The smallest absolute Gasteiger partial charge is 0.148 e. The lowest BCUT2D eigenvalue weighted by molar-refractivity contribution is 1.11. The summed E-state index contributed by atoms with van der Waals surface area (Å²) in [6.07, 6.45) is 0. The summed E-state index contributed by atoms with van der Waals surface area (Å²) in [5.41, 5.74) is 11.1. The van der Waals surface area contributed by atoms with Crippen molar-refractivity contribution in [3.8, 4) is 33.6 Å². The molecule has 0 bridgehead atoms. The molecule has 9 rings (SSSR count). The van der Waals surface area contributed by atoms with E-state index in [0.29, 0.717) is 0 Å². The highest BCUT2D eigenvalue weighted by atomic mass is 15.1. The van der Waals surface area contributed by atoms with Crippen molar-refractivity contribution in [3.63, 3.8) is 0 Å². The summed E-state index contributed by atoms with van der Waals surface area (Å²) in [5.74, 6) is 0. The molecule has 0 fully saturated rings. The number of fused-ring (bicyclic) bond motifs is 6. The molecule has 0 saturated carbocycles. The first-order chi connectivity index (χ1) is 22.8. The molecular formula is C43H33N3. The van der Waals surface area contributed by atoms with Crippen LogP contribution in [0.5, 0.6) is 0 Å². The molecule has 9 aromatic rings. The molecule has 0 atom stereocenters. The van der Waals surface area contributed by atoms with Gasteiger partial charge in [-0.25, -0.2) is 4.98 Å². The molecule has 0 unspecified atom stereocenters. The second-order valence-electron chi connectivity index (χ2n) is 11.3. The third kappa shape index (κ3) is 4.48. The fourth-order valence-corrected chi connectivity index (χ4v) is 6.69. The molecule has 0 aliphatic heterocycles. The average Bonchev–Trinajstić information content (AvgIpc) is 3.64. The largest absolute Gasteiger partial charge is 0.294 e. The van der Waals surface area contributed by atoms with Crippen molar-refractivity contribution < 1.29 is 0 Å². The molecule has 3 heterocycles. The Morgan fingerprint density at radius 2 is 0.739 bits per heavy atom. The molecule has 0 aliphatic rings. The van der Waals surface area contributed by atoms with Crippen molar-refractivity contribution in [2.75, 3.05) is 0 Å². The Labute approximate surface area is 268 Å². The van der Waals surface area contributed by atoms with Crippen molar-refractivity contribution >= 4 is 43.9 Å². The zero-order valence-corrected chi connectivity index (χ0v) is 25.9. The maximum Gasteiger partial charge on any atom is 0.148 e. The summed E-state index contributed by atoms with van der Waals surface area (Å²) in [6, 6.07) is 58.3. The van der Waals surface area contributed by atoms with Gasteiger partial charge in [-0.2, -0.15) is 0 Å². The van der Waals surface area contributed by atoms with Crippen LogP contribution in [-0.4, -0.2) is 14.1 Å². The first-order valence-corrected chi connectivity index (χ1v) is 16.0. The summed E-state index contributed by atoms with van der Waals surface area (Å²) in [6.45, 7) is 4.00. The summed E-state index contributed by atoms with van der Waals surface area (Å²) >= 11 is 0. The minimum absolute atomic E-state index is 0.951. The second-order valence-corrected chi connectivity index (χ2v) is 11.3. The van der Waals surface area contributed by atoms with Gasteiger partial charge in [-0.3, -0.25) is 9.13 Å². The van der Waals surface area contributed by atoms with Crippen LogP contribution in [-0.2, 0) is 0 Å². The summed E-state index contributed by atoms with van der Waals surface area (Å²) in [7, 11) is 0. The average molecular weight is 592 g/mol. The monoisotopic (exact) mass is 591 g/mol. The number of hydrogen-bond donors (Lipinski definition) is 0. The third-order valence-electron chi connectivity index (χ3n) is 8.70. The zero-order valence-electron chi connectivity index (χ0n) is 25.9. The maximum absolute atomic E-state index is 5.54. The van der Waals surface area contributed by atoms with E-state index in [9.17, 15) is 0 Å². The predicted molar refractivity (Wildman–Crippen MR) is 195 cm³/mol. The van der Waals surface area contributed by atoms with E-state index < -0.39 is 0 Å². The van der Waals surface area contributed by atoms with Gasteiger partial charge < -0.3 is 0 Å². The quantitative estimate of drug-likeness (QED) is 0.200. The zero-order chi connectivity index (χ0) is 31.0. The molecule has 0 amide bonds. The van der Waals surface area contributed by atoms with E-state index in [1.165, 1.54) is 33.0 Å². The summed E-state index contributed by atoms with van der Waals surface area (Å²) in [4.78, 5) is 5.54. The number of aromatic nitrogens is 3. The molecule has 0 radical (unpaired) electrons. The Balaban J connectivity index is 0.00000153. The molecule has 0 spiro atoms. The van der Waals surface area contributed by atoms with Crippen LogP contribution in [0.2, 0.25) is 0 Å². The van der Waals surface area contributed by atoms with Crippen molar-refractivity contribution in [2.45, 2.75) is 13.8 Å². The Bertz CT molecular complexity index is 2310. The molecule has 0 N–H and O–H groups in total. The number of benzene rings is 6.